The van der Waals surface area contributed by atoms with Gasteiger partial charge in [0.25, 0.3) is 5.78 Å². The highest BCUT2D eigenvalue weighted by atomic mass is 16.5. The zero-order valence-corrected chi connectivity index (χ0v) is 12.4. The molecule has 0 atom stereocenters. The summed E-state index contributed by atoms with van der Waals surface area (Å²) in [6, 6.07) is 4.68. The number of esters is 1. The van der Waals surface area contributed by atoms with Crippen molar-refractivity contribution in [3.8, 4) is 11.5 Å². The van der Waals surface area contributed by atoms with Crippen molar-refractivity contribution in [3.05, 3.63) is 23.8 Å². The molecule has 21 heavy (non-hydrogen) atoms. The van der Waals surface area contributed by atoms with Gasteiger partial charge in [-0.15, -0.1) is 0 Å². The number of Topliss-reactive ketones (excluding diaryl/α,β-unsaturated/α-hetero) is 1. The third-order valence-corrected chi connectivity index (χ3v) is 3.21. The molecule has 0 N–H and O–H groups in total. The maximum absolute atomic E-state index is 11.9. The Balaban J connectivity index is 2.12. The zero-order valence-electron chi connectivity index (χ0n) is 12.4. The highest BCUT2D eigenvalue weighted by molar-refractivity contribution is 6.40. The minimum absolute atomic E-state index is 0.121. The summed E-state index contributed by atoms with van der Waals surface area (Å²) < 4.78 is 15.7. The fourth-order valence-corrected chi connectivity index (χ4v) is 2.12. The molecule has 1 aliphatic heterocycles. The molecule has 1 saturated heterocycles. The molecule has 0 spiro atoms. The fourth-order valence-electron chi connectivity index (χ4n) is 2.12. The Kier molecular flexibility index (Phi) is 4.80. The van der Waals surface area contributed by atoms with E-state index in [4.69, 9.17) is 14.2 Å². The van der Waals surface area contributed by atoms with Gasteiger partial charge in [0.1, 0.15) is 6.10 Å². The first-order valence-electron chi connectivity index (χ1n) is 6.79. The summed E-state index contributed by atoms with van der Waals surface area (Å²) in [5, 5.41) is 0. The summed E-state index contributed by atoms with van der Waals surface area (Å²) in [6.45, 7) is 3.52. The van der Waals surface area contributed by atoms with Gasteiger partial charge in [-0.2, -0.15) is 0 Å². The van der Waals surface area contributed by atoms with Crippen LogP contribution >= 0.6 is 0 Å². The standard InChI is InChI=1S/C15H19NO5/c1-4-20-15(18)14(17)10-5-6-12(13(7-10)19-3)21-11-8-16(2)9-11/h5-7,11H,4,8-9H2,1-3H3. The van der Waals surface area contributed by atoms with Crippen molar-refractivity contribution in [3.63, 3.8) is 0 Å². The lowest BCUT2D eigenvalue weighted by atomic mass is 10.1. The van der Waals surface area contributed by atoms with Crippen LogP contribution in [-0.4, -0.2) is 56.6 Å². The first-order valence-corrected chi connectivity index (χ1v) is 6.79. The number of carbonyl (C=O) groups excluding carboxylic acids is 2. The third-order valence-electron chi connectivity index (χ3n) is 3.21. The third kappa shape index (κ3) is 3.52. The average molecular weight is 293 g/mol. The number of likely N-dealkylation sites (N-methyl/N-ethyl adjacent to an activating group) is 1. The van der Waals surface area contributed by atoms with E-state index in [1.165, 1.54) is 13.2 Å². The van der Waals surface area contributed by atoms with E-state index >= 15 is 0 Å². The van der Waals surface area contributed by atoms with Crippen molar-refractivity contribution < 1.29 is 23.8 Å². The highest BCUT2D eigenvalue weighted by Crippen LogP contribution is 2.30. The number of benzene rings is 1. The van der Waals surface area contributed by atoms with Gasteiger partial charge < -0.3 is 14.2 Å². The lowest BCUT2D eigenvalue weighted by molar-refractivity contribution is -0.137. The molecule has 0 bridgehead atoms. The summed E-state index contributed by atoms with van der Waals surface area (Å²) in [7, 11) is 3.51. The van der Waals surface area contributed by atoms with Crippen molar-refractivity contribution in [2.75, 3.05) is 33.9 Å². The smallest absolute Gasteiger partial charge is 0.379 e. The second-order valence-electron chi connectivity index (χ2n) is 4.88. The summed E-state index contributed by atoms with van der Waals surface area (Å²) in [4.78, 5) is 25.5. The maximum atomic E-state index is 11.9. The molecular formula is C15H19NO5. The fraction of sp³-hybridized carbons (Fsp3) is 0.467. The minimum atomic E-state index is -0.867. The molecule has 0 saturated carbocycles. The Labute approximate surface area is 123 Å². The molecule has 6 heteroatoms. The first kappa shape index (κ1) is 15.3. The van der Waals surface area contributed by atoms with E-state index in [0.29, 0.717) is 11.5 Å². The van der Waals surface area contributed by atoms with Crippen LogP contribution in [0.25, 0.3) is 0 Å². The van der Waals surface area contributed by atoms with Crippen molar-refractivity contribution in [1.82, 2.24) is 4.90 Å². The summed E-state index contributed by atoms with van der Waals surface area (Å²) >= 11 is 0. The largest absolute Gasteiger partial charge is 0.493 e. The van der Waals surface area contributed by atoms with Gasteiger partial charge in [0, 0.05) is 18.7 Å². The molecule has 1 aromatic rings. The van der Waals surface area contributed by atoms with E-state index in [9.17, 15) is 9.59 Å². The van der Waals surface area contributed by atoms with E-state index in [1.807, 2.05) is 7.05 Å². The van der Waals surface area contributed by atoms with Crippen LogP contribution in [0, 0.1) is 0 Å². The normalized spacial score (nSPS) is 15.2. The predicted octanol–water partition coefficient (Wildman–Crippen LogP) is 1.13. The molecule has 0 radical (unpaired) electrons. The maximum Gasteiger partial charge on any atom is 0.379 e. The molecule has 0 unspecified atom stereocenters. The molecule has 0 amide bonds. The molecule has 0 aliphatic carbocycles. The summed E-state index contributed by atoms with van der Waals surface area (Å²) in [5.74, 6) is -0.561. The van der Waals surface area contributed by atoms with Crippen molar-refractivity contribution in [1.29, 1.82) is 0 Å². The van der Waals surface area contributed by atoms with E-state index in [-0.39, 0.29) is 18.3 Å². The minimum Gasteiger partial charge on any atom is -0.493 e. The Morgan fingerprint density at radius 3 is 2.57 bits per heavy atom. The second-order valence-corrected chi connectivity index (χ2v) is 4.88. The van der Waals surface area contributed by atoms with Crippen LogP contribution in [-0.2, 0) is 9.53 Å². The Hall–Kier alpha value is -2.08. The molecular weight excluding hydrogens is 274 g/mol. The van der Waals surface area contributed by atoms with Gasteiger partial charge in [-0.05, 0) is 32.2 Å². The number of likely N-dealkylation sites (tertiary alicyclic amines) is 1. The highest BCUT2D eigenvalue weighted by Gasteiger charge is 2.26. The van der Waals surface area contributed by atoms with Crippen LogP contribution in [0.1, 0.15) is 17.3 Å². The van der Waals surface area contributed by atoms with E-state index < -0.39 is 11.8 Å². The van der Waals surface area contributed by atoms with Gasteiger partial charge >= 0.3 is 5.97 Å². The van der Waals surface area contributed by atoms with Gasteiger partial charge in [0.2, 0.25) is 0 Å². The van der Waals surface area contributed by atoms with Gasteiger partial charge in [-0.1, -0.05) is 0 Å². The summed E-state index contributed by atoms with van der Waals surface area (Å²) in [6.07, 6.45) is 0.121. The number of methoxy groups -OCH3 is 1. The number of ether oxygens (including phenoxy) is 3. The summed E-state index contributed by atoms with van der Waals surface area (Å²) in [5.41, 5.74) is 0.225. The Bertz CT molecular complexity index is 537. The van der Waals surface area contributed by atoms with Crippen LogP contribution in [0.2, 0.25) is 0 Å². The van der Waals surface area contributed by atoms with E-state index in [1.54, 1.807) is 19.1 Å². The lowest BCUT2D eigenvalue weighted by Crippen LogP contribution is -2.51. The molecule has 2 rings (SSSR count). The zero-order chi connectivity index (χ0) is 15.4. The second kappa shape index (κ2) is 6.58. The van der Waals surface area contributed by atoms with Gasteiger partial charge in [-0.3, -0.25) is 9.69 Å². The molecule has 6 nitrogen and oxygen atoms in total. The number of nitrogens with zero attached hydrogens (tertiary/aromatic N) is 1. The Morgan fingerprint density at radius 1 is 1.29 bits per heavy atom. The predicted molar refractivity (Wildman–Crippen MR) is 75.9 cm³/mol. The van der Waals surface area contributed by atoms with Gasteiger partial charge in [0.05, 0.1) is 13.7 Å². The van der Waals surface area contributed by atoms with Crippen LogP contribution < -0.4 is 9.47 Å². The number of rotatable bonds is 6. The van der Waals surface area contributed by atoms with Crippen LogP contribution in [0.4, 0.5) is 0 Å². The molecule has 1 heterocycles. The molecule has 1 aromatic carbocycles. The van der Waals surface area contributed by atoms with E-state index in [0.717, 1.165) is 13.1 Å². The topological polar surface area (TPSA) is 65.1 Å². The number of hydrogen-bond donors (Lipinski definition) is 0. The van der Waals surface area contributed by atoms with Crippen LogP contribution in [0.5, 0.6) is 11.5 Å². The van der Waals surface area contributed by atoms with Crippen LogP contribution in [0.15, 0.2) is 18.2 Å². The van der Waals surface area contributed by atoms with Gasteiger partial charge in [0.15, 0.2) is 11.5 Å². The first-order chi connectivity index (χ1) is 10.0. The Morgan fingerprint density at radius 2 is 2.00 bits per heavy atom. The quantitative estimate of drug-likeness (QED) is 0.445. The lowest BCUT2D eigenvalue weighted by Gasteiger charge is -2.36. The monoisotopic (exact) mass is 293 g/mol. The van der Waals surface area contributed by atoms with Crippen molar-refractivity contribution in [2.24, 2.45) is 0 Å². The van der Waals surface area contributed by atoms with Crippen molar-refractivity contribution in [2.45, 2.75) is 13.0 Å². The SMILES string of the molecule is CCOC(=O)C(=O)c1ccc(OC2CN(C)C2)c(OC)c1. The number of hydrogen-bond acceptors (Lipinski definition) is 6. The molecule has 1 aliphatic rings. The van der Waals surface area contributed by atoms with Crippen LogP contribution in [0.3, 0.4) is 0 Å². The average Bonchev–Trinajstić information content (AvgIpc) is 2.45. The number of carbonyl (C=O) groups is 2. The number of ketones is 1. The van der Waals surface area contributed by atoms with Gasteiger partial charge in [-0.25, -0.2) is 4.79 Å². The van der Waals surface area contributed by atoms with E-state index in [2.05, 4.69) is 4.90 Å². The van der Waals surface area contributed by atoms with Crippen molar-refractivity contribution >= 4 is 11.8 Å². The molecule has 0 aromatic heterocycles. The molecule has 114 valence electrons. The molecule has 1 fully saturated rings.